The van der Waals surface area contributed by atoms with Gasteiger partial charge >= 0.3 is 0 Å². The normalized spacial score (nSPS) is 13.2. The number of fused-ring (bicyclic) bond motifs is 1. The number of nitrogens with zero attached hydrogens (tertiary/aromatic N) is 1. The van der Waals surface area contributed by atoms with Gasteiger partial charge in [-0.1, -0.05) is 12.1 Å². The van der Waals surface area contributed by atoms with Gasteiger partial charge in [0.25, 0.3) is 11.8 Å². The SMILES string of the molecule is O=C(NCCN1C(=O)COc2ccccc21)c1ccc(F)c(F)c1. The van der Waals surface area contributed by atoms with Crippen LogP contribution in [0.5, 0.6) is 5.75 Å². The molecule has 0 saturated heterocycles. The van der Waals surface area contributed by atoms with E-state index in [1.807, 2.05) is 0 Å². The fourth-order valence-corrected chi connectivity index (χ4v) is 2.42. The minimum atomic E-state index is -1.08. The van der Waals surface area contributed by atoms with Crippen molar-refractivity contribution in [1.29, 1.82) is 0 Å². The van der Waals surface area contributed by atoms with Gasteiger partial charge in [-0.3, -0.25) is 9.59 Å². The highest BCUT2D eigenvalue weighted by atomic mass is 19.2. The van der Waals surface area contributed by atoms with E-state index in [1.54, 1.807) is 24.3 Å². The number of amides is 2. The fourth-order valence-electron chi connectivity index (χ4n) is 2.42. The van der Waals surface area contributed by atoms with Crippen molar-refractivity contribution in [3.63, 3.8) is 0 Å². The summed E-state index contributed by atoms with van der Waals surface area (Å²) in [5, 5.41) is 2.58. The van der Waals surface area contributed by atoms with Crippen molar-refractivity contribution in [3.05, 3.63) is 59.7 Å². The first-order chi connectivity index (χ1) is 11.6. The van der Waals surface area contributed by atoms with Crippen molar-refractivity contribution in [2.24, 2.45) is 0 Å². The standard InChI is InChI=1S/C17H14F2N2O3/c18-12-6-5-11(9-13(12)19)17(23)20-7-8-21-14-3-1-2-4-15(14)24-10-16(21)22/h1-6,9H,7-8,10H2,(H,20,23). The molecule has 0 spiro atoms. The average molecular weight is 332 g/mol. The third-order valence-electron chi connectivity index (χ3n) is 3.61. The number of hydrogen-bond donors (Lipinski definition) is 1. The number of rotatable bonds is 4. The second kappa shape index (κ2) is 6.66. The number of nitrogens with one attached hydrogen (secondary N) is 1. The molecular weight excluding hydrogens is 318 g/mol. The van der Waals surface area contributed by atoms with Gasteiger partial charge in [0.15, 0.2) is 18.2 Å². The van der Waals surface area contributed by atoms with E-state index in [0.29, 0.717) is 11.4 Å². The van der Waals surface area contributed by atoms with E-state index >= 15 is 0 Å². The van der Waals surface area contributed by atoms with Crippen LogP contribution in [-0.2, 0) is 4.79 Å². The summed E-state index contributed by atoms with van der Waals surface area (Å²) in [5.74, 6) is -2.25. The van der Waals surface area contributed by atoms with Crippen LogP contribution in [0.1, 0.15) is 10.4 Å². The van der Waals surface area contributed by atoms with Crippen LogP contribution in [0.25, 0.3) is 0 Å². The molecule has 0 aromatic heterocycles. The molecule has 5 nitrogen and oxygen atoms in total. The highest BCUT2D eigenvalue weighted by Crippen LogP contribution is 2.30. The van der Waals surface area contributed by atoms with Crippen molar-refractivity contribution in [1.82, 2.24) is 5.32 Å². The number of benzene rings is 2. The Kier molecular flexibility index (Phi) is 4.41. The zero-order valence-electron chi connectivity index (χ0n) is 12.6. The highest BCUT2D eigenvalue weighted by molar-refractivity contribution is 5.98. The first-order valence-electron chi connectivity index (χ1n) is 7.31. The third-order valence-corrected chi connectivity index (χ3v) is 3.61. The lowest BCUT2D eigenvalue weighted by atomic mass is 10.2. The Labute approximate surface area is 136 Å². The minimum Gasteiger partial charge on any atom is -0.482 e. The Morgan fingerprint density at radius 2 is 1.96 bits per heavy atom. The number of para-hydroxylation sites is 2. The Hall–Kier alpha value is -2.96. The lowest BCUT2D eigenvalue weighted by molar-refractivity contribution is -0.121. The summed E-state index contributed by atoms with van der Waals surface area (Å²) >= 11 is 0. The molecule has 2 amide bonds. The number of carbonyl (C=O) groups is 2. The van der Waals surface area contributed by atoms with Crippen molar-refractivity contribution in [2.75, 3.05) is 24.6 Å². The van der Waals surface area contributed by atoms with E-state index in [9.17, 15) is 18.4 Å². The van der Waals surface area contributed by atoms with Gasteiger partial charge in [0, 0.05) is 18.7 Å². The van der Waals surface area contributed by atoms with Gasteiger partial charge in [-0.15, -0.1) is 0 Å². The Morgan fingerprint density at radius 1 is 1.17 bits per heavy atom. The van der Waals surface area contributed by atoms with Crippen LogP contribution in [-0.4, -0.2) is 31.5 Å². The van der Waals surface area contributed by atoms with Gasteiger partial charge in [0.1, 0.15) is 5.75 Å². The number of anilines is 1. The van der Waals surface area contributed by atoms with Crippen LogP contribution >= 0.6 is 0 Å². The summed E-state index contributed by atoms with van der Waals surface area (Å²) in [5.41, 5.74) is 0.651. The number of halogens is 2. The zero-order valence-corrected chi connectivity index (χ0v) is 12.6. The summed E-state index contributed by atoms with van der Waals surface area (Å²) < 4.78 is 31.4. The molecule has 3 rings (SSSR count). The Balaban J connectivity index is 1.63. The molecule has 0 fully saturated rings. The van der Waals surface area contributed by atoms with E-state index in [0.717, 1.165) is 12.1 Å². The molecule has 2 aromatic carbocycles. The third kappa shape index (κ3) is 3.19. The highest BCUT2D eigenvalue weighted by Gasteiger charge is 2.24. The summed E-state index contributed by atoms with van der Waals surface area (Å²) in [7, 11) is 0. The maximum atomic E-state index is 13.1. The van der Waals surface area contributed by atoms with E-state index in [4.69, 9.17) is 4.74 Å². The van der Waals surface area contributed by atoms with E-state index in [1.165, 1.54) is 11.0 Å². The predicted octanol–water partition coefficient (Wildman–Crippen LogP) is 2.12. The van der Waals surface area contributed by atoms with E-state index < -0.39 is 17.5 Å². The zero-order chi connectivity index (χ0) is 17.1. The van der Waals surface area contributed by atoms with Gasteiger partial charge in [-0.25, -0.2) is 8.78 Å². The monoisotopic (exact) mass is 332 g/mol. The molecule has 1 aliphatic rings. The first-order valence-corrected chi connectivity index (χ1v) is 7.31. The molecule has 0 unspecified atom stereocenters. The first kappa shape index (κ1) is 15.9. The van der Waals surface area contributed by atoms with E-state index in [2.05, 4.69) is 5.32 Å². The molecule has 1 N–H and O–H groups in total. The lowest BCUT2D eigenvalue weighted by Gasteiger charge is -2.29. The predicted molar refractivity (Wildman–Crippen MR) is 83.0 cm³/mol. The minimum absolute atomic E-state index is 0.0163. The van der Waals surface area contributed by atoms with Crippen LogP contribution in [0.4, 0.5) is 14.5 Å². The molecule has 0 radical (unpaired) electrons. The van der Waals surface area contributed by atoms with Crippen molar-refractivity contribution in [3.8, 4) is 5.75 Å². The average Bonchev–Trinajstić information content (AvgIpc) is 2.59. The van der Waals surface area contributed by atoms with Crippen molar-refractivity contribution < 1.29 is 23.1 Å². The molecule has 24 heavy (non-hydrogen) atoms. The molecule has 0 atom stereocenters. The van der Waals surface area contributed by atoms with Crippen LogP contribution in [0.15, 0.2) is 42.5 Å². The number of ether oxygens (including phenoxy) is 1. The summed E-state index contributed by atoms with van der Waals surface area (Å²) in [4.78, 5) is 25.4. The molecule has 0 saturated carbocycles. The molecule has 1 aliphatic heterocycles. The fraction of sp³-hybridized carbons (Fsp3) is 0.176. The number of carbonyl (C=O) groups excluding carboxylic acids is 2. The second-order valence-corrected chi connectivity index (χ2v) is 5.19. The molecule has 0 aliphatic carbocycles. The molecule has 1 heterocycles. The quantitative estimate of drug-likeness (QED) is 0.933. The van der Waals surface area contributed by atoms with Crippen LogP contribution in [0.2, 0.25) is 0 Å². The molecule has 124 valence electrons. The van der Waals surface area contributed by atoms with Crippen LogP contribution < -0.4 is 15.0 Å². The summed E-state index contributed by atoms with van der Waals surface area (Å²) in [6.45, 7) is 0.348. The van der Waals surface area contributed by atoms with Crippen molar-refractivity contribution >= 4 is 17.5 Å². The smallest absolute Gasteiger partial charge is 0.265 e. The summed E-state index contributed by atoms with van der Waals surface area (Å²) in [6, 6.07) is 10.0. The van der Waals surface area contributed by atoms with Gasteiger partial charge in [0.2, 0.25) is 0 Å². The lowest BCUT2D eigenvalue weighted by Crippen LogP contribution is -2.43. The second-order valence-electron chi connectivity index (χ2n) is 5.19. The topological polar surface area (TPSA) is 58.6 Å². The van der Waals surface area contributed by atoms with Gasteiger partial charge in [-0.05, 0) is 30.3 Å². The number of hydrogen-bond acceptors (Lipinski definition) is 3. The van der Waals surface area contributed by atoms with E-state index in [-0.39, 0.29) is 31.2 Å². The molecule has 2 aromatic rings. The van der Waals surface area contributed by atoms with Crippen LogP contribution in [0, 0.1) is 11.6 Å². The molecule has 7 heteroatoms. The summed E-state index contributed by atoms with van der Waals surface area (Å²) in [6.07, 6.45) is 0. The maximum Gasteiger partial charge on any atom is 0.265 e. The Bertz CT molecular complexity index is 795. The van der Waals surface area contributed by atoms with Crippen molar-refractivity contribution in [2.45, 2.75) is 0 Å². The Morgan fingerprint density at radius 3 is 2.75 bits per heavy atom. The van der Waals surface area contributed by atoms with Gasteiger partial charge < -0.3 is 15.0 Å². The van der Waals surface area contributed by atoms with Crippen LogP contribution in [0.3, 0.4) is 0 Å². The maximum absolute atomic E-state index is 13.1. The molecule has 0 bridgehead atoms. The molecular formula is C17H14F2N2O3. The van der Waals surface area contributed by atoms with Gasteiger partial charge in [-0.2, -0.15) is 0 Å². The van der Waals surface area contributed by atoms with Gasteiger partial charge in [0.05, 0.1) is 5.69 Å². The largest absolute Gasteiger partial charge is 0.482 e.